The Morgan fingerprint density at radius 3 is 2.68 bits per heavy atom. The molecule has 31 heavy (non-hydrogen) atoms. The van der Waals surface area contributed by atoms with Gasteiger partial charge in [0.25, 0.3) is 11.8 Å². The van der Waals surface area contributed by atoms with Crippen LogP contribution >= 0.6 is 0 Å². The number of nitrogens with zero attached hydrogens (tertiary/aromatic N) is 1. The third-order valence-electron chi connectivity index (χ3n) is 6.10. The summed E-state index contributed by atoms with van der Waals surface area (Å²) in [5, 5.41) is 6.10. The number of anilines is 1. The van der Waals surface area contributed by atoms with Crippen molar-refractivity contribution in [3.8, 4) is 0 Å². The van der Waals surface area contributed by atoms with Crippen molar-refractivity contribution >= 4 is 35.4 Å². The number of benzene rings is 1. The zero-order chi connectivity index (χ0) is 22.2. The molecular weight excluding hydrogens is 404 g/mol. The largest absolute Gasteiger partial charge is 0.452 e. The fraction of sp³-hybridized carbons (Fsp3) is 0.476. The normalized spacial score (nSPS) is 25.0. The fourth-order valence-electron chi connectivity index (χ4n) is 4.20. The summed E-state index contributed by atoms with van der Waals surface area (Å²) in [6.07, 6.45) is 3.53. The average molecular weight is 428 g/mol. The van der Waals surface area contributed by atoms with Crippen LogP contribution in [0.3, 0.4) is 0 Å². The number of ether oxygens (including phenoxy) is 1. The Hall–Kier alpha value is -3.43. The zero-order valence-electron chi connectivity index (χ0n) is 17.2. The zero-order valence-corrected chi connectivity index (χ0v) is 17.2. The van der Waals surface area contributed by atoms with Crippen LogP contribution in [0.4, 0.5) is 10.5 Å². The fourth-order valence-corrected chi connectivity index (χ4v) is 4.20. The molecule has 3 N–H and O–H groups in total. The summed E-state index contributed by atoms with van der Waals surface area (Å²) in [6, 6.07) is 4.03. The second kappa shape index (κ2) is 8.01. The van der Waals surface area contributed by atoms with Gasteiger partial charge in [0.05, 0.1) is 5.56 Å². The molecule has 10 heteroatoms. The minimum absolute atomic E-state index is 0.0792. The van der Waals surface area contributed by atoms with E-state index in [-0.39, 0.29) is 11.5 Å². The van der Waals surface area contributed by atoms with Crippen molar-refractivity contribution in [3.63, 3.8) is 0 Å². The van der Waals surface area contributed by atoms with Crippen LogP contribution in [-0.2, 0) is 25.5 Å². The van der Waals surface area contributed by atoms with E-state index in [4.69, 9.17) is 4.74 Å². The average Bonchev–Trinajstić information content (AvgIpc) is 2.98. The quantitative estimate of drug-likeness (QED) is 0.488. The maximum absolute atomic E-state index is 12.7. The highest BCUT2D eigenvalue weighted by Crippen LogP contribution is 2.35. The molecule has 1 saturated carbocycles. The van der Waals surface area contributed by atoms with E-state index in [1.165, 1.54) is 6.07 Å². The van der Waals surface area contributed by atoms with Gasteiger partial charge in [0.15, 0.2) is 6.61 Å². The molecule has 1 aromatic carbocycles. The first-order valence-corrected chi connectivity index (χ1v) is 10.3. The molecule has 5 amide bonds. The van der Waals surface area contributed by atoms with E-state index in [0.29, 0.717) is 42.3 Å². The number of rotatable bonds is 4. The predicted molar refractivity (Wildman–Crippen MR) is 108 cm³/mol. The number of aryl methyl sites for hydroxylation is 1. The van der Waals surface area contributed by atoms with Crippen LogP contribution in [0.1, 0.15) is 54.9 Å². The van der Waals surface area contributed by atoms with Crippen LogP contribution in [-0.4, -0.2) is 46.9 Å². The van der Waals surface area contributed by atoms with Crippen LogP contribution in [0, 0.1) is 5.92 Å². The maximum Gasteiger partial charge on any atom is 0.344 e. The molecule has 1 aromatic rings. The van der Waals surface area contributed by atoms with Gasteiger partial charge in [-0.25, -0.2) is 9.59 Å². The Morgan fingerprint density at radius 2 is 1.94 bits per heavy atom. The molecule has 1 aliphatic carbocycles. The summed E-state index contributed by atoms with van der Waals surface area (Å²) < 4.78 is 5.03. The summed E-state index contributed by atoms with van der Waals surface area (Å²) in [7, 11) is 0. The van der Waals surface area contributed by atoms with Gasteiger partial charge in [-0.05, 0) is 61.8 Å². The van der Waals surface area contributed by atoms with Gasteiger partial charge in [-0.1, -0.05) is 6.92 Å². The standard InChI is InChI=1S/C21H24N4O6/c1-12-6-8-21(9-7-12)19(29)25(20(30)23-21)24-17(27)11-31-18(28)14-2-4-15-13(10-14)3-5-16(26)22-15/h2,4,10,12H,3,5-9,11H2,1H3,(H,22,26)(H,23,30)(H,24,27). The smallest absolute Gasteiger partial charge is 0.344 e. The number of esters is 1. The highest BCUT2D eigenvalue weighted by molar-refractivity contribution is 6.08. The van der Waals surface area contributed by atoms with Gasteiger partial charge < -0.3 is 15.4 Å². The Labute approximate surface area is 178 Å². The molecule has 0 bridgehead atoms. The maximum atomic E-state index is 12.7. The lowest BCUT2D eigenvalue weighted by atomic mass is 9.77. The number of carbonyl (C=O) groups excluding carboxylic acids is 5. The number of hydrazine groups is 1. The Balaban J connectivity index is 1.32. The van der Waals surface area contributed by atoms with Crippen molar-refractivity contribution in [3.05, 3.63) is 29.3 Å². The van der Waals surface area contributed by atoms with Gasteiger partial charge in [0, 0.05) is 12.1 Å². The third-order valence-corrected chi connectivity index (χ3v) is 6.10. The molecular formula is C21H24N4O6. The van der Waals surface area contributed by atoms with Gasteiger partial charge in [0.1, 0.15) is 5.54 Å². The number of nitrogens with one attached hydrogen (secondary N) is 3. The van der Waals surface area contributed by atoms with E-state index in [1.54, 1.807) is 12.1 Å². The van der Waals surface area contributed by atoms with E-state index in [0.717, 1.165) is 18.4 Å². The number of imide groups is 1. The number of hydrogen-bond acceptors (Lipinski definition) is 6. The van der Waals surface area contributed by atoms with Crippen LogP contribution in [0.2, 0.25) is 0 Å². The van der Waals surface area contributed by atoms with Crippen molar-refractivity contribution < 1.29 is 28.7 Å². The van der Waals surface area contributed by atoms with Gasteiger partial charge in [-0.3, -0.25) is 19.8 Å². The molecule has 1 spiro atoms. The lowest BCUT2D eigenvalue weighted by Gasteiger charge is -2.33. The number of urea groups is 1. The molecule has 0 aromatic heterocycles. The lowest BCUT2D eigenvalue weighted by Crippen LogP contribution is -2.52. The monoisotopic (exact) mass is 428 g/mol. The van der Waals surface area contributed by atoms with Crippen molar-refractivity contribution in [2.24, 2.45) is 5.92 Å². The third kappa shape index (κ3) is 4.10. The van der Waals surface area contributed by atoms with E-state index >= 15 is 0 Å². The Morgan fingerprint density at radius 1 is 1.19 bits per heavy atom. The molecule has 0 unspecified atom stereocenters. The van der Waals surface area contributed by atoms with E-state index < -0.39 is 36.0 Å². The summed E-state index contributed by atoms with van der Waals surface area (Å²) in [5.74, 6) is -1.59. The minimum Gasteiger partial charge on any atom is -0.452 e. The van der Waals surface area contributed by atoms with Crippen molar-refractivity contribution in [2.75, 3.05) is 11.9 Å². The molecule has 2 fully saturated rings. The highest BCUT2D eigenvalue weighted by atomic mass is 16.5. The SMILES string of the molecule is CC1CCC2(CC1)NC(=O)N(NC(=O)COC(=O)c1ccc3c(c1)CCC(=O)N3)C2=O. The predicted octanol–water partition coefficient (Wildman–Crippen LogP) is 1.26. The molecule has 0 radical (unpaired) electrons. The topological polar surface area (TPSA) is 134 Å². The summed E-state index contributed by atoms with van der Waals surface area (Å²) >= 11 is 0. The van der Waals surface area contributed by atoms with Gasteiger partial charge in [0.2, 0.25) is 5.91 Å². The second-order valence-corrected chi connectivity index (χ2v) is 8.37. The summed E-state index contributed by atoms with van der Waals surface area (Å²) in [5.41, 5.74) is 2.97. The van der Waals surface area contributed by atoms with Crippen LogP contribution in [0.5, 0.6) is 0 Å². The Kier molecular flexibility index (Phi) is 5.38. The molecule has 10 nitrogen and oxygen atoms in total. The van der Waals surface area contributed by atoms with Gasteiger partial charge in [-0.2, -0.15) is 5.01 Å². The molecule has 2 heterocycles. The molecule has 4 rings (SSSR count). The molecule has 3 aliphatic rings. The van der Waals surface area contributed by atoms with Gasteiger partial charge >= 0.3 is 12.0 Å². The summed E-state index contributed by atoms with van der Waals surface area (Å²) in [6.45, 7) is 1.45. The minimum atomic E-state index is -0.966. The first kappa shape index (κ1) is 20.8. The Bertz CT molecular complexity index is 967. The number of hydrogen-bond donors (Lipinski definition) is 3. The molecule has 0 atom stereocenters. The van der Waals surface area contributed by atoms with E-state index in [2.05, 4.69) is 23.0 Å². The summed E-state index contributed by atoms with van der Waals surface area (Å²) in [4.78, 5) is 60.9. The molecule has 164 valence electrons. The number of fused-ring (bicyclic) bond motifs is 1. The van der Waals surface area contributed by atoms with E-state index in [1.807, 2.05) is 0 Å². The first-order valence-electron chi connectivity index (χ1n) is 10.3. The van der Waals surface area contributed by atoms with Crippen LogP contribution in [0.25, 0.3) is 0 Å². The van der Waals surface area contributed by atoms with Crippen molar-refractivity contribution in [1.82, 2.24) is 15.8 Å². The lowest BCUT2D eigenvalue weighted by molar-refractivity contribution is -0.141. The number of carbonyl (C=O) groups is 5. The van der Waals surface area contributed by atoms with Crippen LogP contribution < -0.4 is 16.1 Å². The van der Waals surface area contributed by atoms with Gasteiger partial charge in [-0.15, -0.1) is 0 Å². The first-order chi connectivity index (χ1) is 14.8. The molecule has 2 aliphatic heterocycles. The van der Waals surface area contributed by atoms with Crippen LogP contribution in [0.15, 0.2) is 18.2 Å². The van der Waals surface area contributed by atoms with Crippen molar-refractivity contribution in [2.45, 2.75) is 51.0 Å². The second-order valence-electron chi connectivity index (χ2n) is 8.37. The highest BCUT2D eigenvalue weighted by Gasteiger charge is 2.52. The molecule has 1 saturated heterocycles. The van der Waals surface area contributed by atoms with E-state index in [9.17, 15) is 24.0 Å². The number of amides is 5. The van der Waals surface area contributed by atoms with Crippen molar-refractivity contribution in [1.29, 1.82) is 0 Å².